The van der Waals surface area contributed by atoms with Crippen LogP contribution in [0.3, 0.4) is 0 Å². The Balaban J connectivity index is 2.81. The second-order valence-electron chi connectivity index (χ2n) is 4.30. The van der Waals surface area contributed by atoms with E-state index in [9.17, 15) is 4.39 Å². The third-order valence-corrected chi connectivity index (χ3v) is 2.92. The van der Waals surface area contributed by atoms with Gasteiger partial charge in [0.1, 0.15) is 5.82 Å². The van der Waals surface area contributed by atoms with Crippen molar-refractivity contribution in [3.63, 3.8) is 0 Å². The van der Waals surface area contributed by atoms with Crippen molar-refractivity contribution in [3.05, 3.63) is 29.6 Å². The fraction of sp³-hybridized carbons (Fsp3) is 0.571. The lowest BCUT2D eigenvalue weighted by molar-refractivity contribution is 0.190. The number of rotatable bonds is 9. The highest BCUT2D eigenvalue weighted by Gasteiger charge is 2.11. The van der Waals surface area contributed by atoms with E-state index in [0.29, 0.717) is 45.0 Å². The van der Waals surface area contributed by atoms with E-state index in [2.05, 4.69) is 0 Å². The van der Waals surface area contributed by atoms with Crippen LogP contribution in [0.4, 0.5) is 10.1 Å². The first-order valence-electron chi connectivity index (χ1n) is 6.44. The molecule has 0 saturated carbocycles. The van der Waals surface area contributed by atoms with Gasteiger partial charge in [-0.3, -0.25) is 0 Å². The van der Waals surface area contributed by atoms with Crippen LogP contribution in [-0.4, -0.2) is 47.1 Å². The van der Waals surface area contributed by atoms with Crippen LogP contribution in [0.1, 0.15) is 5.56 Å². The Morgan fingerprint density at radius 3 is 2.26 bits per heavy atom. The first kappa shape index (κ1) is 15.9. The minimum absolute atomic E-state index is 0.224. The highest BCUT2D eigenvalue weighted by atomic mass is 19.1. The molecule has 1 aromatic carbocycles. The summed E-state index contributed by atoms with van der Waals surface area (Å²) in [5.41, 5.74) is 6.97. The lowest BCUT2D eigenvalue weighted by atomic mass is 10.1. The Hall–Kier alpha value is -1.17. The number of ether oxygens (including phenoxy) is 2. The molecule has 0 aliphatic heterocycles. The summed E-state index contributed by atoms with van der Waals surface area (Å²) < 4.78 is 24.2. The Bertz CT molecular complexity index is 366. The molecule has 0 aliphatic rings. The Morgan fingerprint density at radius 1 is 1.16 bits per heavy atom. The van der Waals surface area contributed by atoms with Gasteiger partial charge < -0.3 is 20.1 Å². The second-order valence-corrected chi connectivity index (χ2v) is 4.30. The number of nitrogens with two attached hydrogens (primary N) is 1. The monoisotopic (exact) mass is 270 g/mol. The highest BCUT2D eigenvalue weighted by molar-refractivity contribution is 5.49. The van der Waals surface area contributed by atoms with E-state index in [1.165, 1.54) is 0 Å². The maximum Gasteiger partial charge on any atom is 0.146 e. The van der Waals surface area contributed by atoms with Crippen LogP contribution in [0.25, 0.3) is 0 Å². The predicted octanol–water partition coefficient (Wildman–Crippen LogP) is 1.43. The van der Waals surface area contributed by atoms with Crippen LogP contribution >= 0.6 is 0 Å². The molecule has 19 heavy (non-hydrogen) atoms. The highest BCUT2D eigenvalue weighted by Crippen LogP contribution is 2.20. The number of benzene rings is 1. The summed E-state index contributed by atoms with van der Waals surface area (Å²) in [7, 11) is 3.27. The maximum absolute atomic E-state index is 14.1. The van der Waals surface area contributed by atoms with E-state index >= 15 is 0 Å². The summed E-state index contributed by atoms with van der Waals surface area (Å²) >= 11 is 0. The number of halogens is 1. The third kappa shape index (κ3) is 5.14. The standard InChI is InChI=1S/C14H23FN2O2/c1-18-9-7-17(8-10-19-2)14-4-3-12(5-6-16)11-13(14)15/h3-4,11H,5-10,16H2,1-2H3. The largest absolute Gasteiger partial charge is 0.383 e. The summed E-state index contributed by atoms with van der Waals surface area (Å²) in [6.07, 6.45) is 0.688. The second kappa shape index (κ2) is 8.85. The molecule has 0 spiro atoms. The average Bonchev–Trinajstić information content (AvgIpc) is 2.40. The van der Waals surface area contributed by atoms with Crippen LogP contribution in [0.15, 0.2) is 18.2 Å². The molecule has 0 bridgehead atoms. The van der Waals surface area contributed by atoms with Crippen LogP contribution in [0.2, 0.25) is 0 Å². The number of nitrogens with zero attached hydrogens (tertiary/aromatic N) is 1. The third-order valence-electron chi connectivity index (χ3n) is 2.92. The maximum atomic E-state index is 14.1. The molecule has 0 saturated heterocycles. The lowest BCUT2D eigenvalue weighted by Gasteiger charge is -2.25. The average molecular weight is 270 g/mol. The zero-order valence-electron chi connectivity index (χ0n) is 11.7. The van der Waals surface area contributed by atoms with Gasteiger partial charge in [0.05, 0.1) is 18.9 Å². The summed E-state index contributed by atoms with van der Waals surface area (Å²) in [5, 5.41) is 0. The lowest BCUT2D eigenvalue weighted by Crippen LogP contribution is -2.31. The van der Waals surface area contributed by atoms with E-state index in [1.54, 1.807) is 26.4 Å². The Kier molecular flexibility index (Phi) is 7.40. The van der Waals surface area contributed by atoms with Crippen LogP contribution in [0.5, 0.6) is 0 Å². The van der Waals surface area contributed by atoms with Gasteiger partial charge in [-0.25, -0.2) is 4.39 Å². The van der Waals surface area contributed by atoms with E-state index in [1.807, 2.05) is 11.0 Å². The van der Waals surface area contributed by atoms with Crippen molar-refractivity contribution in [3.8, 4) is 0 Å². The molecule has 0 atom stereocenters. The first-order valence-corrected chi connectivity index (χ1v) is 6.44. The number of hydrogen-bond acceptors (Lipinski definition) is 4. The fourth-order valence-electron chi connectivity index (χ4n) is 1.88. The quantitative estimate of drug-likeness (QED) is 0.737. The minimum atomic E-state index is -0.224. The summed E-state index contributed by atoms with van der Waals surface area (Å²) in [6.45, 7) is 2.89. The van der Waals surface area contributed by atoms with Crippen molar-refractivity contribution in [2.45, 2.75) is 6.42 Å². The zero-order valence-corrected chi connectivity index (χ0v) is 11.7. The smallest absolute Gasteiger partial charge is 0.146 e. The van der Waals surface area contributed by atoms with Gasteiger partial charge in [-0.05, 0) is 30.7 Å². The SMILES string of the molecule is COCCN(CCOC)c1ccc(CCN)cc1F. The van der Waals surface area contributed by atoms with E-state index in [-0.39, 0.29) is 5.82 Å². The molecule has 1 rings (SSSR count). The van der Waals surface area contributed by atoms with E-state index in [0.717, 1.165) is 5.56 Å². The molecule has 108 valence electrons. The normalized spacial score (nSPS) is 10.7. The Morgan fingerprint density at radius 2 is 1.79 bits per heavy atom. The van der Waals surface area contributed by atoms with Gasteiger partial charge in [-0.1, -0.05) is 6.07 Å². The molecule has 1 aromatic rings. The van der Waals surface area contributed by atoms with Crippen LogP contribution in [0, 0.1) is 5.82 Å². The van der Waals surface area contributed by atoms with Crippen molar-refractivity contribution in [1.29, 1.82) is 0 Å². The van der Waals surface area contributed by atoms with E-state index in [4.69, 9.17) is 15.2 Å². The molecule has 0 unspecified atom stereocenters. The molecule has 0 fully saturated rings. The molecule has 2 N–H and O–H groups in total. The molecule has 0 aromatic heterocycles. The van der Waals surface area contributed by atoms with Gasteiger partial charge in [-0.2, -0.15) is 0 Å². The van der Waals surface area contributed by atoms with Gasteiger partial charge in [0.25, 0.3) is 0 Å². The zero-order chi connectivity index (χ0) is 14.1. The van der Waals surface area contributed by atoms with Gasteiger partial charge >= 0.3 is 0 Å². The molecule has 0 heterocycles. The molecule has 4 nitrogen and oxygen atoms in total. The molecule has 0 radical (unpaired) electrons. The van der Waals surface area contributed by atoms with Crippen molar-refractivity contribution in [2.24, 2.45) is 5.73 Å². The van der Waals surface area contributed by atoms with Gasteiger partial charge in [-0.15, -0.1) is 0 Å². The number of methoxy groups -OCH3 is 2. The molecular formula is C14H23FN2O2. The predicted molar refractivity (Wildman–Crippen MR) is 75.1 cm³/mol. The summed E-state index contributed by atoms with van der Waals surface area (Å²) in [4.78, 5) is 1.93. The molecular weight excluding hydrogens is 247 g/mol. The van der Waals surface area contributed by atoms with Crippen molar-refractivity contribution < 1.29 is 13.9 Å². The Labute approximate surface area is 114 Å². The van der Waals surface area contributed by atoms with Crippen molar-refractivity contribution >= 4 is 5.69 Å². The van der Waals surface area contributed by atoms with Crippen molar-refractivity contribution in [2.75, 3.05) is 52.0 Å². The fourth-order valence-corrected chi connectivity index (χ4v) is 1.88. The number of anilines is 1. The van der Waals surface area contributed by atoms with Gasteiger partial charge in [0.15, 0.2) is 0 Å². The first-order chi connectivity index (χ1) is 9.22. The van der Waals surface area contributed by atoms with Crippen LogP contribution < -0.4 is 10.6 Å². The van der Waals surface area contributed by atoms with Gasteiger partial charge in [0.2, 0.25) is 0 Å². The molecule has 0 amide bonds. The molecule has 5 heteroatoms. The minimum Gasteiger partial charge on any atom is -0.383 e. The van der Waals surface area contributed by atoms with Crippen molar-refractivity contribution in [1.82, 2.24) is 0 Å². The molecule has 0 aliphatic carbocycles. The number of hydrogen-bond donors (Lipinski definition) is 1. The summed E-state index contributed by atoms with van der Waals surface area (Å²) in [6, 6.07) is 5.26. The van der Waals surface area contributed by atoms with E-state index < -0.39 is 0 Å². The van der Waals surface area contributed by atoms with Crippen LogP contribution in [-0.2, 0) is 15.9 Å². The van der Waals surface area contributed by atoms with Gasteiger partial charge in [0, 0.05) is 27.3 Å². The topological polar surface area (TPSA) is 47.7 Å². The summed E-state index contributed by atoms with van der Waals surface area (Å²) in [5.74, 6) is -0.224.